The molecule has 2 aromatic rings. The Bertz CT molecular complexity index is 1040. The average Bonchev–Trinajstić information content (AvgIpc) is 3.60. The van der Waals surface area contributed by atoms with E-state index in [0.29, 0.717) is 16.7 Å². The smallest absolute Gasteiger partial charge is 0.355 e. The van der Waals surface area contributed by atoms with E-state index in [-0.39, 0.29) is 37.8 Å². The van der Waals surface area contributed by atoms with Crippen molar-refractivity contribution in [2.45, 2.75) is 50.7 Å². The van der Waals surface area contributed by atoms with E-state index in [9.17, 15) is 27.2 Å². The topological polar surface area (TPSA) is 84.2 Å². The van der Waals surface area contributed by atoms with Crippen LogP contribution in [-0.2, 0) is 11.2 Å². The summed E-state index contributed by atoms with van der Waals surface area (Å²) >= 11 is 0. The number of carbonyl (C=O) groups excluding carboxylic acids is 2. The normalized spacial score (nSPS) is 16.4. The molecule has 2 amide bonds. The molecule has 34 heavy (non-hydrogen) atoms. The molecule has 1 aliphatic rings. The van der Waals surface area contributed by atoms with Gasteiger partial charge in [0, 0.05) is 32.0 Å². The number of halogens is 4. The Labute approximate surface area is 196 Å². The number of carbonyl (C=O) groups is 2. The summed E-state index contributed by atoms with van der Waals surface area (Å²) in [4.78, 5) is 24.4. The molecule has 9 heteroatoms. The van der Waals surface area contributed by atoms with Gasteiger partial charge in [0.2, 0.25) is 5.91 Å². The maximum absolute atomic E-state index is 14.3. The van der Waals surface area contributed by atoms with Gasteiger partial charge < -0.3 is 16.4 Å². The molecule has 5 nitrogen and oxygen atoms in total. The van der Waals surface area contributed by atoms with Crippen molar-refractivity contribution in [1.82, 2.24) is 10.6 Å². The van der Waals surface area contributed by atoms with Crippen LogP contribution in [-0.4, -0.2) is 37.6 Å². The second kappa shape index (κ2) is 10.1. The molecule has 4 N–H and O–H groups in total. The number of aryl methyl sites for hydroxylation is 1. The third-order valence-corrected chi connectivity index (χ3v) is 6.55. The predicted molar refractivity (Wildman–Crippen MR) is 121 cm³/mol. The van der Waals surface area contributed by atoms with Crippen molar-refractivity contribution in [3.63, 3.8) is 0 Å². The molecular weight excluding hydrogens is 450 g/mol. The standard InChI is InChI=1S/C25H29F4N3O2/c1-15-10-19(23(34)31-2)21(26)12-17(15)11-18(30)14-32-22(33)13-20(16-6-4-3-5-7-16)24(8-9-24)25(27,28)29/h3-7,10,12,18,20H,8-9,11,13-14,30H2,1-2H3,(H,31,34)(H,32,33)/t18-,20+/m0/s1. The first-order valence-corrected chi connectivity index (χ1v) is 11.1. The van der Waals surface area contributed by atoms with Gasteiger partial charge in [-0.2, -0.15) is 13.2 Å². The second-order valence-electron chi connectivity index (χ2n) is 8.93. The van der Waals surface area contributed by atoms with E-state index in [0.717, 1.165) is 0 Å². The van der Waals surface area contributed by atoms with Crippen LogP contribution in [0.3, 0.4) is 0 Å². The van der Waals surface area contributed by atoms with E-state index < -0.39 is 41.2 Å². The lowest BCUT2D eigenvalue weighted by atomic mass is 9.80. The Balaban J connectivity index is 1.63. The number of hydrogen-bond acceptors (Lipinski definition) is 3. The highest BCUT2D eigenvalue weighted by Crippen LogP contribution is 2.66. The van der Waals surface area contributed by atoms with Gasteiger partial charge in [-0.3, -0.25) is 9.59 Å². The van der Waals surface area contributed by atoms with Crippen LogP contribution in [0.1, 0.15) is 52.2 Å². The molecule has 1 fully saturated rings. The van der Waals surface area contributed by atoms with Gasteiger partial charge in [-0.05, 0) is 55.0 Å². The first-order valence-electron chi connectivity index (χ1n) is 11.1. The third-order valence-electron chi connectivity index (χ3n) is 6.55. The molecule has 0 aromatic heterocycles. The van der Waals surface area contributed by atoms with E-state index >= 15 is 0 Å². The summed E-state index contributed by atoms with van der Waals surface area (Å²) in [5, 5.41) is 5.01. The summed E-state index contributed by atoms with van der Waals surface area (Å²) in [7, 11) is 1.41. The lowest BCUT2D eigenvalue weighted by molar-refractivity contribution is -0.194. The van der Waals surface area contributed by atoms with E-state index in [1.54, 1.807) is 37.3 Å². The number of amides is 2. The fraction of sp³-hybridized carbons (Fsp3) is 0.440. The molecule has 2 aromatic carbocycles. The SMILES string of the molecule is CNC(=O)c1cc(C)c(C[C@H](N)CNC(=O)C[C@H](c2ccccc2)C2(C(F)(F)F)CC2)cc1F. The number of nitrogens with one attached hydrogen (secondary N) is 2. The Morgan fingerprint density at radius 2 is 1.79 bits per heavy atom. The minimum atomic E-state index is -4.40. The lowest BCUT2D eigenvalue weighted by Crippen LogP contribution is -2.40. The Morgan fingerprint density at radius 3 is 2.35 bits per heavy atom. The van der Waals surface area contributed by atoms with E-state index in [2.05, 4.69) is 10.6 Å². The molecule has 0 heterocycles. The van der Waals surface area contributed by atoms with Crippen molar-refractivity contribution >= 4 is 11.8 Å². The quantitative estimate of drug-likeness (QED) is 0.476. The molecule has 0 saturated heterocycles. The molecule has 0 unspecified atom stereocenters. The molecule has 0 spiro atoms. The Morgan fingerprint density at radius 1 is 1.15 bits per heavy atom. The molecule has 3 rings (SSSR count). The van der Waals surface area contributed by atoms with Gasteiger partial charge in [0.1, 0.15) is 5.82 Å². The number of rotatable bonds is 9. The van der Waals surface area contributed by atoms with Crippen molar-refractivity contribution in [3.05, 3.63) is 70.5 Å². The monoisotopic (exact) mass is 479 g/mol. The molecular formula is C25H29F4N3O2. The van der Waals surface area contributed by atoms with Crippen molar-refractivity contribution in [2.24, 2.45) is 11.1 Å². The fourth-order valence-electron chi connectivity index (χ4n) is 4.39. The molecule has 1 aliphatic carbocycles. The van der Waals surface area contributed by atoms with Gasteiger partial charge in [0.05, 0.1) is 11.0 Å². The van der Waals surface area contributed by atoms with Crippen LogP contribution < -0.4 is 16.4 Å². The van der Waals surface area contributed by atoms with Crippen molar-refractivity contribution in [2.75, 3.05) is 13.6 Å². The molecule has 1 saturated carbocycles. The highest BCUT2D eigenvalue weighted by Gasteiger charge is 2.67. The zero-order valence-corrected chi connectivity index (χ0v) is 19.1. The fourth-order valence-corrected chi connectivity index (χ4v) is 4.39. The van der Waals surface area contributed by atoms with Crippen molar-refractivity contribution in [1.29, 1.82) is 0 Å². The predicted octanol–water partition coefficient (Wildman–Crippen LogP) is 4.00. The molecule has 0 bridgehead atoms. The van der Waals surface area contributed by atoms with Crippen LogP contribution in [0.2, 0.25) is 0 Å². The van der Waals surface area contributed by atoms with Gasteiger partial charge in [0.25, 0.3) is 5.91 Å². The summed E-state index contributed by atoms with van der Waals surface area (Å²) in [6, 6.07) is 10.4. The Hall–Kier alpha value is -2.94. The Kier molecular flexibility index (Phi) is 7.65. The number of alkyl halides is 3. The van der Waals surface area contributed by atoms with Crippen LogP contribution in [0.5, 0.6) is 0 Å². The summed E-state index contributed by atoms with van der Waals surface area (Å²) in [5.74, 6) is -2.70. The van der Waals surface area contributed by atoms with Crippen LogP contribution in [0.25, 0.3) is 0 Å². The minimum Gasteiger partial charge on any atom is -0.355 e. The van der Waals surface area contributed by atoms with Gasteiger partial charge in [-0.1, -0.05) is 30.3 Å². The maximum atomic E-state index is 14.3. The van der Waals surface area contributed by atoms with Gasteiger partial charge >= 0.3 is 6.18 Å². The maximum Gasteiger partial charge on any atom is 0.395 e. The number of nitrogens with two attached hydrogens (primary N) is 1. The zero-order valence-electron chi connectivity index (χ0n) is 19.1. The summed E-state index contributed by atoms with van der Waals surface area (Å²) in [5.41, 5.74) is 5.90. The second-order valence-corrected chi connectivity index (χ2v) is 8.93. The third kappa shape index (κ3) is 5.58. The average molecular weight is 480 g/mol. The van der Waals surface area contributed by atoms with Gasteiger partial charge in [-0.15, -0.1) is 0 Å². The number of benzene rings is 2. The first-order chi connectivity index (χ1) is 16.0. The van der Waals surface area contributed by atoms with Crippen LogP contribution in [0.4, 0.5) is 17.6 Å². The highest BCUT2D eigenvalue weighted by atomic mass is 19.4. The van der Waals surface area contributed by atoms with E-state index in [1.165, 1.54) is 19.2 Å². The lowest BCUT2D eigenvalue weighted by Gasteiger charge is -2.29. The van der Waals surface area contributed by atoms with Crippen molar-refractivity contribution < 1.29 is 27.2 Å². The van der Waals surface area contributed by atoms with Crippen LogP contribution in [0.15, 0.2) is 42.5 Å². The van der Waals surface area contributed by atoms with Gasteiger partial charge in [0.15, 0.2) is 0 Å². The molecule has 0 radical (unpaired) electrons. The van der Waals surface area contributed by atoms with Crippen LogP contribution in [0, 0.1) is 18.2 Å². The van der Waals surface area contributed by atoms with E-state index in [1.807, 2.05) is 0 Å². The largest absolute Gasteiger partial charge is 0.395 e. The van der Waals surface area contributed by atoms with Gasteiger partial charge in [-0.25, -0.2) is 4.39 Å². The molecule has 0 aliphatic heterocycles. The molecule has 184 valence electrons. The molecule has 2 atom stereocenters. The summed E-state index contributed by atoms with van der Waals surface area (Å²) in [6.45, 7) is 1.75. The minimum absolute atomic E-state index is 0.000253. The van der Waals surface area contributed by atoms with E-state index in [4.69, 9.17) is 5.73 Å². The number of hydrogen-bond donors (Lipinski definition) is 3. The van der Waals surface area contributed by atoms with Crippen LogP contribution >= 0.6 is 0 Å². The highest BCUT2D eigenvalue weighted by molar-refractivity contribution is 5.94. The van der Waals surface area contributed by atoms with Crippen molar-refractivity contribution in [3.8, 4) is 0 Å². The summed E-state index contributed by atoms with van der Waals surface area (Å²) in [6.07, 6.45) is -4.47. The first kappa shape index (κ1) is 25.7. The zero-order chi connectivity index (χ0) is 25.1. The summed E-state index contributed by atoms with van der Waals surface area (Å²) < 4.78 is 55.7.